The van der Waals surface area contributed by atoms with E-state index in [0.717, 1.165) is 79.0 Å². The van der Waals surface area contributed by atoms with Gasteiger partial charge in [-0.1, -0.05) is 44.2 Å². The van der Waals surface area contributed by atoms with Gasteiger partial charge in [-0.3, -0.25) is 9.59 Å². The van der Waals surface area contributed by atoms with Crippen molar-refractivity contribution in [2.24, 2.45) is 0 Å². The summed E-state index contributed by atoms with van der Waals surface area (Å²) in [6.45, 7) is 11.8. The van der Waals surface area contributed by atoms with E-state index in [9.17, 15) is 49.0 Å². The first-order valence-corrected chi connectivity index (χ1v) is 29.3. The Bertz CT molecular complexity index is 3370. The second-order valence-corrected chi connectivity index (χ2v) is 24.9. The van der Waals surface area contributed by atoms with Crippen molar-refractivity contribution < 1.29 is 222 Å². The molecule has 1 saturated heterocycles. The van der Waals surface area contributed by atoms with Gasteiger partial charge in [0.1, 0.15) is 16.7 Å². The van der Waals surface area contributed by atoms with E-state index < -0.39 is 52.7 Å². The standard InChI is InChI=1S/C51H60N4O14S4.3K/c1-6-67-49(56)53-27-23-37(24-28-53)52-48-33(13-21-44-50(2,3)46-40-17-15-38(70-69-68-57)31-35(40)11-19-42(46)54(44)25-7-29-71(58,59)60)9-10-34(48)14-22-45-51(4,5)47-41-18-16-39(73(64,65)66)32-36(41)12-20-43(47)55(45)26-8-30-72(61,62)63;;;/h11-22,31-32,37H,6-10,23-30H2,1-5H3,(H4,57,58,59,60,61,62,63,64,65,66);;;/q;3*+1/p-2/b33-13+,44-21+;;;. The molecule has 1 amide bonds. The summed E-state index contributed by atoms with van der Waals surface area (Å²) in [4.78, 5) is 16.8. The summed E-state index contributed by atoms with van der Waals surface area (Å²) in [5, 5.41) is 21.1. The van der Waals surface area contributed by atoms with Crippen LogP contribution in [0.25, 0.3) is 21.5 Å². The SMILES string of the molecule is CCOC(=O)N1CCC(NC2=C(/C=C/C3=[N+](CCCS(=O)(=O)[O-])c4ccc5cc(S(=O)(=O)[O-])ccc5c4C3(C)C)CC/C2=C\C=C2\N(CCCS(=O)(=O)O)c3ccc4cc(SOO[O-])ccc4c3C2(C)C)CC1.[K+].[K+].[K+]. The predicted molar refractivity (Wildman–Crippen MR) is 274 cm³/mol. The number of hydrogen-bond donors (Lipinski definition) is 2. The molecule has 0 unspecified atom stereocenters. The van der Waals surface area contributed by atoms with Crippen LogP contribution in [0, 0.1) is 0 Å². The van der Waals surface area contributed by atoms with Crippen LogP contribution in [0.3, 0.4) is 0 Å². The maximum atomic E-state index is 12.7. The number of anilines is 1. The van der Waals surface area contributed by atoms with Crippen LogP contribution in [-0.4, -0.2) is 111 Å². The Morgan fingerprint density at radius 1 is 0.842 bits per heavy atom. The minimum atomic E-state index is -4.73. The van der Waals surface area contributed by atoms with Gasteiger partial charge in [-0.25, -0.2) is 21.6 Å². The molecule has 4 aromatic rings. The molecule has 2 N–H and O–H groups in total. The number of fused-ring (bicyclic) bond motifs is 6. The van der Waals surface area contributed by atoms with Gasteiger partial charge in [0, 0.05) is 82.9 Å². The second-order valence-electron chi connectivity index (χ2n) is 19.6. The molecule has 4 aliphatic rings. The molecule has 392 valence electrons. The summed E-state index contributed by atoms with van der Waals surface area (Å²) in [6, 6.07) is 17.4. The number of carbonyl (C=O) groups excluding carboxylic acids is 1. The molecule has 1 fully saturated rings. The molecule has 0 saturated carbocycles. The van der Waals surface area contributed by atoms with E-state index in [2.05, 4.69) is 51.7 Å². The van der Waals surface area contributed by atoms with Crippen molar-refractivity contribution in [3.8, 4) is 0 Å². The Hall–Kier alpha value is -0.231. The van der Waals surface area contributed by atoms with Crippen LogP contribution in [0.1, 0.15) is 84.3 Å². The van der Waals surface area contributed by atoms with Crippen LogP contribution < -0.4 is 170 Å². The fourth-order valence-electron chi connectivity index (χ4n) is 10.9. The molecule has 8 rings (SSSR count). The van der Waals surface area contributed by atoms with E-state index in [-0.39, 0.29) is 204 Å². The van der Waals surface area contributed by atoms with Gasteiger partial charge in [-0.05, 0) is 134 Å². The van der Waals surface area contributed by atoms with Gasteiger partial charge >= 0.3 is 160 Å². The van der Waals surface area contributed by atoms with Crippen molar-refractivity contribution in [1.82, 2.24) is 10.2 Å². The van der Waals surface area contributed by atoms with E-state index in [4.69, 9.17) is 4.74 Å². The van der Waals surface area contributed by atoms with E-state index >= 15 is 0 Å². The van der Waals surface area contributed by atoms with Crippen molar-refractivity contribution in [2.45, 2.75) is 99.8 Å². The number of carbonyl (C=O) groups is 1. The Labute approximate surface area is 577 Å². The largest absolute Gasteiger partial charge is 1.00 e. The number of hydrogen-bond acceptors (Lipinski definition) is 16. The molecular formula is C51H58K3N4O14S4+. The first-order valence-electron chi connectivity index (χ1n) is 24.0. The molecule has 3 heterocycles. The summed E-state index contributed by atoms with van der Waals surface area (Å²) >= 11 is 0.791. The molecule has 0 spiro atoms. The molecule has 76 heavy (non-hydrogen) atoms. The molecule has 0 atom stereocenters. The third kappa shape index (κ3) is 15.3. The van der Waals surface area contributed by atoms with Crippen molar-refractivity contribution in [3.05, 3.63) is 119 Å². The van der Waals surface area contributed by atoms with Crippen LogP contribution >= 0.6 is 12.0 Å². The minimum absolute atomic E-state index is 0. The van der Waals surface area contributed by atoms with Gasteiger partial charge in [0.15, 0.2) is 5.71 Å². The third-order valence-corrected chi connectivity index (χ3v) is 17.2. The number of benzene rings is 4. The van der Waals surface area contributed by atoms with Gasteiger partial charge in [0.2, 0.25) is 5.69 Å². The Balaban J connectivity index is 0.00000356. The normalized spacial score (nSPS) is 18.6. The van der Waals surface area contributed by atoms with E-state index in [1.165, 1.54) is 12.1 Å². The summed E-state index contributed by atoms with van der Waals surface area (Å²) in [6.07, 6.45) is 10.6. The molecule has 25 heteroatoms. The average Bonchev–Trinajstić information content (AvgIpc) is 3.88. The molecule has 0 aromatic heterocycles. The number of amides is 1. The van der Waals surface area contributed by atoms with Gasteiger partial charge in [0.05, 0.1) is 44.8 Å². The number of rotatable bonds is 18. The van der Waals surface area contributed by atoms with Crippen LogP contribution in [0.4, 0.5) is 16.2 Å². The molecule has 18 nitrogen and oxygen atoms in total. The minimum Gasteiger partial charge on any atom is -0.748 e. The number of piperidine rings is 1. The van der Waals surface area contributed by atoms with Crippen LogP contribution in [-0.2, 0) is 55.3 Å². The van der Waals surface area contributed by atoms with Gasteiger partial charge in [-0.2, -0.15) is 17.3 Å². The third-order valence-electron chi connectivity index (χ3n) is 14.2. The average molecular weight is 1200 g/mol. The predicted octanol–water partition coefficient (Wildman–Crippen LogP) is -1.85. The summed E-state index contributed by atoms with van der Waals surface area (Å²) in [5.74, 6) is -0.999. The molecule has 4 aromatic carbocycles. The Morgan fingerprint density at radius 2 is 1.51 bits per heavy atom. The molecule has 1 aliphatic carbocycles. The number of likely N-dealkylation sites (tertiary alicyclic amines) is 1. The first-order chi connectivity index (χ1) is 34.4. The maximum absolute atomic E-state index is 12.7. The van der Waals surface area contributed by atoms with E-state index in [1.54, 1.807) is 24.0 Å². The van der Waals surface area contributed by atoms with E-state index in [0.29, 0.717) is 49.1 Å². The second kappa shape index (κ2) is 27.4. The summed E-state index contributed by atoms with van der Waals surface area (Å²) in [7, 11) is -13.5. The zero-order valence-electron chi connectivity index (χ0n) is 44.1. The molecule has 3 aliphatic heterocycles. The van der Waals surface area contributed by atoms with Crippen molar-refractivity contribution in [2.75, 3.05) is 49.2 Å². The topological polar surface area (TPSA) is 258 Å². The van der Waals surface area contributed by atoms with Crippen molar-refractivity contribution >= 4 is 87.1 Å². The van der Waals surface area contributed by atoms with E-state index in [1.807, 2.05) is 60.9 Å². The first kappa shape index (κ1) is 66.6. The van der Waals surface area contributed by atoms with Gasteiger partial charge < -0.3 is 34.2 Å². The number of nitrogens with one attached hydrogen (secondary N) is 1. The van der Waals surface area contributed by atoms with Gasteiger partial charge in [0.25, 0.3) is 10.1 Å². The monoisotopic (exact) mass is 1200 g/mol. The maximum Gasteiger partial charge on any atom is 1.00 e. The number of allylic oxidation sites excluding steroid dienone is 7. The number of nitrogens with zero attached hydrogens (tertiary/aromatic N) is 3. The summed E-state index contributed by atoms with van der Waals surface area (Å²) in [5.41, 5.74) is 6.75. The fraction of sp³-hybridized carbons (Fsp3) is 0.412. The van der Waals surface area contributed by atoms with Crippen molar-refractivity contribution in [1.29, 1.82) is 0 Å². The van der Waals surface area contributed by atoms with Crippen LogP contribution in [0.5, 0.6) is 0 Å². The Kier molecular flexibility index (Phi) is 24.0. The van der Waals surface area contributed by atoms with Crippen molar-refractivity contribution in [3.63, 3.8) is 0 Å². The Morgan fingerprint density at radius 3 is 2.17 bits per heavy atom. The quantitative estimate of drug-likeness (QED) is 0.0277. The van der Waals surface area contributed by atoms with Crippen LogP contribution in [0.15, 0.2) is 117 Å². The van der Waals surface area contributed by atoms with Crippen LogP contribution in [0.2, 0.25) is 0 Å². The summed E-state index contributed by atoms with van der Waals surface area (Å²) < 4.78 is 117. The smallest absolute Gasteiger partial charge is 0.748 e. The molecule has 0 radical (unpaired) electrons. The zero-order chi connectivity index (χ0) is 52.7. The molecular weight excluding hydrogens is 1140 g/mol. The number of ether oxygens (including phenoxy) is 1. The zero-order valence-corrected chi connectivity index (χ0v) is 56.7. The fourth-order valence-corrected chi connectivity index (χ4v) is 12.8. The molecule has 0 bridgehead atoms. The van der Waals surface area contributed by atoms with Gasteiger partial charge in [-0.15, -0.1) is 0 Å².